The van der Waals surface area contributed by atoms with Gasteiger partial charge in [0.25, 0.3) is 0 Å². The van der Waals surface area contributed by atoms with E-state index in [2.05, 4.69) is 53.3 Å². The molecule has 5 nitrogen and oxygen atoms in total. The van der Waals surface area contributed by atoms with E-state index in [1.165, 1.54) is 5.56 Å². The molecule has 0 unspecified atom stereocenters. The van der Waals surface area contributed by atoms with Crippen molar-refractivity contribution in [1.82, 2.24) is 15.0 Å². The second kappa shape index (κ2) is 9.83. The van der Waals surface area contributed by atoms with E-state index in [0.717, 1.165) is 74.1 Å². The molecule has 0 amide bonds. The van der Waals surface area contributed by atoms with Gasteiger partial charge in [-0.25, -0.2) is 0 Å². The third-order valence-corrected chi connectivity index (χ3v) is 7.73. The van der Waals surface area contributed by atoms with Crippen LogP contribution in [-0.2, 0) is 6.42 Å². The van der Waals surface area contributed by atoms with Gasteiger partial charge in [-0.1, -0.05) is 80.0 Å². The fourth-order valence-corrected chi connectivity index (χ4v) is 5.18. The molecule has 0 saturated carbocycles. The maximum absolute atomic E-state index is 12.0. The molecule has 3 aromatic heterocycles. The number of aromatic nitrogens is 3. The molecule has 2 aliphatic rings. The van der Waals surface area contributed by atoms with Crippen molar-refractivity contribution >= 4 is 59.7 Å². The fraction of sp³-hybridized carbons (Fsp3) is 0.300. The SMILES string of the molecule is C=Cc1c2[n-]c(c1C)/C=C1\[N-]/C(=C\c3[n-]c(c(C)c3C=O)/C=c3\[n-]/c(c(C)c3CC)=C\2)[C@@H](C)[C@@H]1C.[Mg+2]. The molecule has 5 rings (SSSR count). The van der Waals surface area contributed by atoms with Crippen molar-refractivity contribution < 1.29 is 4.79 Å². The minimum Gasteiger partial charge on any atom is -0.664 e. The van der Waals surface area contributed by atoms with Crippen LogP contribution in [0.25, 0.3) is 35.7 Å². The van der Waals surface area contributed by atoms with Crippen LogP contribution in [0.2, 0.25) is 0 Å². The van der Waals surface area contributed by atoms with Gasteiger partial charge < -0.3 is 20.3 Å². The number of carbonyl (C=O) groups is 1. The normalized spacial score (nSPS) is 23.1. The summed E-state index contributed by atoms with van der Waals surface area (Å²) in [4.78, 5) is 26.9. The average Bonchev–Trinajstić information content (AvgIpc) is 3.48. The van der Waals surface area contributed by atoms with Crippen molar-refractivity contribution in [2.24, 2.45) is 11.8 Å². The van der Waals surface area contributed by atoms with E-state index in [-0.39, 0.29) is 34.9 Å². The zero-order chi connectivity index (χ0) is 25.0. The molecular weight excluding hydrogens is 457 g/mol. The minimum atomic E-state index is 0. The zero-order valence-electron chi connectivity index (χ0n) is 21.9. The van der Waals surface area contributed by atoms with Crippen LogP contribution in [0.3, 0.4) is 0 Å². The number of rotatable bonds is 3. The molecular formula is C30H30MgN4O-2. The zero-order valence-corrected chi connectivity index (χ0v) is 23.4. The van der Waals surface area contributed by atoms with Gasteiger partial charge in [-0.2, -0.15) is 11.4 Å². The molecule has 2 aliphatic heterocycles. The topological polar surface area (TPSA) is 73.5 Å². The Morgan fingerprint density at radius 3 is 1.89 bits per heavy atom. The molecule has 3 aromatic rings. The van der Waals surface area contributed by atoms with Gasteiger partial charge >= 0.3 is 23.1 Å². The average molecular weight is 487 g/mol. The fourth-order valence-electron chi connectivity index (χ4n) is 5.18. The van der Waals surface area contributed by atoms with Gasteiger partial charge in [0, 0.05) is 5.56 Å². The molecule has 0 spiro atoms. The molecule has 0 radical (unpaired) electrons. The van der Waals surface area contributed by atoms with Crippen LogP contribution in [0.4, 0.5) is 0 Å². The number of hydrogen-bond donors (Lipinski definition) is 0. The minimum absolute atomic E-state index is 0. The van der Waals surface area contributed by atoms with E-state index in [9.17, 15) is 4.79 Å². The van der Waals surface area contributed by atoms with Crippen LogP contribution in [-0.4, -0.2) is 29.3 Å². The van der Waals surface area contributed by atoms with Gasteiger partial charge in [-0.05, 0) is 44.6 Å². The molecule has 2 atom stereocenters. The summed E-state index contributed by atoms with van der Waals surface area (Å²) in [6.45, 7) is 16.7. The van der Waals surface area contributed by atoms with Crippen LogP contribution < -0.4 is 25.7 Å². The Morgan fingerprint density at radius 1 is 0.778 bits per heavy atom. The Bertz CT molecular complexity index is 1560. The first-order chi connectivity index (χ1) is 16.8. The molecule has 0 aromatic carbocycles. The first-order valence-corrected chi connectivity index (χ1v) is 12.2. The van der Waals surface area contributed by atoms with E-state index in [4.69, 9.17) is 20.3 Å². The number of nitrogens with zero attached hydrogens (tertiary/aromatic N) is 4. The number of aldehydes is 1. The van der Waals surface area contributed by atoms with Gasteiger partial charge in [-0.3, -0.25) is 4.79 Å². The van der Waals surface area contributed by atoms with Gasteiger partial charge in [-0.15, -0.1) is 33.5 Å². The third kappa shape index (κ3) is 4.06. The van der Waals surface area contributed by atoms with E-state index in [1.807, 2.05) is 25.2 Å². The molecule has 8 bridgehead atoms. The second-order valence-corrected chi connectivity index (χ2v) is 9.62. The number of fused-ring (bicyclic) bond motifs is 8. The number of carbonyl (C=O) groups excluding carboxylic acids is 1. The quantitative estimate of drug-likeness (QED) is 0.412. The summed E-state index contributed by atoms with van der Waals surface area (Å²) in [6, 6.07) is 0. The smallest absolute Gasteiger partial charge is 0.664 e. The summed E-state index contributed by atoms with van der Waals surface area (Å²) in [5, 5.41) is 6.76. The Morgan fingerprint density at radius 2 is 1.31 bits per heavy atom. The Kier molecular flexibility index (Phi) is 7.13. The van der Waals surface area contributed by atoms with Crippen LogP contribution >= 0.6 is 0 Å². The molecule has 180 valence electrons. The Hall–Kier alpha value is -2.96. The summed E-state index contributed by atoms with van der Waals surface area (Å²) < 4.78 is 0. The van der Waals surface area contributed by atoms with Gasteiger partial charge in [0.15, 0.2) is 0 Å². The monoisotopic (exact) mass is 486 g/mol. The summed E-state index contributed by atoms with van der Waals surface area (Å²) in [5.74, 6) is 0.428. The van der Waals surface area contributed by atoms with Crippen LogP contribution in [0.1, 0.15) is 81.7 Å². The number of allylic oxidation sites excluding steroid dienone is 2. The van der Waals surface area contributed by atoms with Gasteiger partial charge in [0.1, 0.15) is 6.29 Å². The maximum Gasteiger partial charge on any atom is 2.00 e. The Balaban J connectivity index is 0.00000304. The molecule has 0 N–H and O–H groups in total. The van der Waals surface area contributed by atoms with Crippen molar-refractivity contribution in [1.29, 1.82) is 0 Å². The Labute approximate surface area is 228 Å². The first kappa shape index (κ1) is 26.1. The third-order valence-electron chi connectivity index (χ3n) is 7.73. The van der Waals surface area contributed by atoms with Crippen LogP contribution in [0, 0.1) is 32.6 Å². The molecule has 1 saturated heterocycles. The largest absolute Gasteiger partial charge is 2.00 e. The molecule has 6 heteroatoms. The van der Waals surface area contributed by atoms with Crippen molar-refractivity contribution in [3.63, 3.8) is 0 Å². The van der Waals surface area contributed by atoms with Crippen LogP contribution in [0.5, 0.6) is 0 Å². The summed E-state index contributed by atoms with van der Waals surface area (Å²) >= 11 is 0. The van der Waals surface area contributed by atoms with E-state index < -0.39 is 0 Å². The van der Waals surface area contributed by atoms with Crippen molar-refractivity contribution in [3.05, 3.63) is 90.1 Å². The standard InChI is InChI=1S/C30H31N4O.Mg/c1-8-20-17(5)25-10-23-15(3)16(4)24(31-23)11-30-22(14-35)19(7)27(34-30)13-29-21(9-2)18(6)26(33-29)12-28(20)32-25;/h8,10-16H,1,9H2,2-7H3,(H-,31,34,35);/q-3;+2/p-1/b23-10-,26-12-,29-13-;/t15-,16-;/m0./s1. The first-order valence-electron chi connectivity index (χ1n) is 12.2. The maximum atomic E-state index is 12.0. The second-order valence-electron chi connectivity index (χ2n) is 9.62. The molecule has 5 heterocycles. The summed E-state index contributed by atoms with van der Waals surface area (Å²) in [6.07, 6.45) is 11.7. The molecule has 1 fully saturated rings. The van der Waals surface area contributed by atoms with Crippen molar-refractivity contribution in [2.75, 3.05) is 0 Å². The molecule has 0 aliphatic carbocycles. The summed E-state index contributed by atoms with van der Waals surface area (Å²) in [7, 11) is 0. The predicted molar refractivity (Wildman–Crippen MR) is 148 cm³/mol. The van der Waals surface area contributed by atoms with E-state index in [1.54, 1.807) is 0 Å². The van der Waals surface area contributed by atoms with Gasteiger partial charge in [0.2, 0.25) is 0 Å². The van der Waals surface area contributed by atoms with E-state index in [0.29, 0.717) is 11.3 Å². The van der Waals surface area contributed by atoms with Crippen LogP contribution in [0.15, 0.2) is 18.0 Å². The van der Waals surface area contributed by atoms with E-state index >= 15 is 0 Å². The number of hydrogen-bond acceptors (Lipinski definition) is 1. The van der Waals surface area contributed by atoms with Crippen molar-refractivity contribution in [3.8, 4) is 0 Å². The van der Waals surface area contributed by atoms with Crippen molar-refractivity contribution in [2.45, 2.75) is 48.0 Å². The molecule has 36 heavy (non-hydrogen) atoms. The summed E-state index contributed by atoms with van der Waals surface area (Å²) in [5.41, 5.74) is 11.0. The van der Waals surface area contributed by atoms with Gasteiger partial charge in [0.05, 0.1) is 0 Å². The predicted octanol–water partition coefficient (Wildman–Crippen LogP) is 4.13.